The second-order valence-electron chi connectivity index (χ2n) is 5.26. The summed E-state index contributed by atoms with van der Waals surface area (Å²) in [5.74, 6) is 0.492. The molecule has 17 heavy (non-hydrogen) atoms. The Kier molecular flexibility index (Phi) is 4.66. The van der Waals surface area contributed by atoms with Crippen LogP contribution < -0.4 is 5.32 Å². The number of carbonyl (C=O) groups is 1. The first-order chi connectivity index (χ1) is 8.27. The van der Waals surface area contributed by atoms with Gasteiger partial charge in [-0.1, -0.05) is 12.8 Å². The minimum Gasteiger partial charge on any atom is -0.381 e. The van der Waals surface area contributed by atoms with E-state index in [0.29, 0.717) is 5.92 Å². The largest absolute Gasteiger partial charge is 0.381 e. The fourth-order valence-corrected chi connectivity index (χ4v) is 2.62. The van der Waals surface area contributed by atoms with Gasteiger partial charge >= 0.3 is 6.03 Å². The molecular formula is C13H24N2O2. The first-order valence-electron chi connectivity index (χ1n) is 6.90. The Hall–Kier alpha value is -0.770. The lowest BCUT2D eigenvalue weighted by atomic mass is 10.0. The van der Waals surface area contributed by atoms with Crippen molar-refractivity contribution in [2.45, 2.75) is 45.1 Å². The summed E-state index contributed by atoms with van der Waals surface area (Å²) in [6, 6.07) is 0.347. The van der Waals surface area contributed by atoms with Crippen LogP contribution in [0, 0.1) is 5.92 Å². The average molecular weight is 240 g/mol. The highest BCUT2D eigenvalue weighted by atomic mass is 16.5. The summed E-state index contributed by atoms with van der Waals surface area (Å²) in [6.45, 7) is 5.56. The zero-order valence-electron chi connectivity index (χ0n) is 10.8. The molecule has 0 aromatic carbocycles. The maximum atomic E-state index is 12.1. The molecule has 0 radical (unpaired) electrons. The Morgan fingerprint density at radius 2 is 2.00 bits per heavy atom. The number of likely N-dealkylation sites (tertiary alicyclic amines) is 1. The van der Waals surface area contributed by atoms with Crippen LogP contribution >= 0.6 is 0 Å². The summed E-state index contributed by atoms with van der Waals surface area (Å²) in [4.78, 5) is 14.1. The Bertz CT molecular complexity index is 244. The maximum Gasteiger partial charge on any atom is 0.317 e. The van der Waals surface area contributed by atoms with Crippen LogP contribution in [0.4, 0.5) is 4.79 Å². The van der Waals surface area contributed by atoms with E-state index in [2.05, 4.69) is 12.2 Å². The molecule has 0 aliphatic carbocycles. The van der Waals surface area contributed by atoms with Gasteiger partial charge < -0.3 is 15.0 Å². The predicted octanol–water partition coefficient (Wildman–Crippen LogP) is 2.00. The van der Waals surface area contributed by atoms with Gasteiger partial charge in [0.1, 0.15) is 0 Å². The summed E-state index contributed by atoms with van der Waals surface area (Å²) in [5, 5.41) is 3.13. The lowest BCUT2D eigenvalue weighted by molar-refractivity contribution is 0.171. The summed E-state index contributed by atoms with van der Waals surface area (Å²) >= 11 is 0. The van der Waals surface area contributed by atoms with E-state index in [4.69, 9.17) is 4.74 Å². The molecule has 0 aromatic heterocycles. The van der Waals surface area contributed by atoms with Gasteiger partial charge in [-0.15, -0.1) is 0 Å². The molecule has 2 aliphatic rings. The van der Waals surface area contributed by atoms with Crippen LogP contribution in [-0.4, -0.2) is 43.3 Å². The van der Waals surface area contributed by atoms with Crippen molar-refractivity contribution in [3.63, 3.8) is 0 Å². The van der Waals surface area contributed by atoms with Crippen molar-refractivity contribution in [2.75, 3.05) is 26.3 Å². The van der Waals surface area contributed by atoms with E-state index in [1.807, 2.05) is 4.90 Å². The fraction of sp³-hybridized carbons (Fsp3) is 0.923. The van der Waals surface area contributed by atoms with Crippen LogP contribution in [-0.2, 0) is 4.74 Å². The van der Waals surface area contributed by atoms with E-state index >= 15 is 0 Å². The number of hydrogen-bond donors (Lipinski definition) is 1. The molecule has 0 saturated carbocycles. The number of rotatable bonds is 2. The van der Waals surface area contributed by atoms with Gasteiger partial charge in [-0.25, -0.2) is 4.79 Å². The van der Waals surface area contributed by atoms with Gasteiger partial charge in [-0.3, -0.25) is 0 Å². The van der Waals surface area contributed by atoms with Crippen molar-refractivity contribution in [3.8, 4) is 0 Å². The lowest BCUT2D eigenvalue weighted by Crippen LogP contribution is -2.46. The van der Waals surface area contributed by atoms with Crippen molar-refractivity contribution in [2.24, 2.45) is 5.92 Å². The van der Waals surface area contributed by atoms with Crippen molar-refractivity contribution in [1.29, 1.82) is 0 Å². The summed E-state index contributed by atoms with van der Waals surface area (Å²) in [6.07, 6.45) is 5.88. The highest BCUT2D eigenvalue weighted by Crippen LogP contribution is 2.17. The Labute approximate surface area is 104 Å². The average Bonchev–Trinajstić information content (AvgIpc) is 2.71. The second kappa shape index (κ2) is 6.24. The van der Waals surface area contributed by atoms with Crippen LogP contribution in [0.25, 0.3) is 0 Å². The molecule has 2 heterocycles. The van der Waals surface area contributed by atoms with Crippen molar-refractivity contribution < 1.29 is 9.53 Å². The van der Waals surface area contributed by atoms with E-state index < -0.39 is 0 Å². The molecule has 0 aromatic rings. The summed E-state index contributed by atoms with van der Waals surface area (Å²) in [7, 11) is 0. The van der Waals surface area contributed by atoms with Gasteiger partial charge in [-0.2, -0.15) is 0 Å². The van der Waals surface area contributed by atoms with E-state index in [9.17, 15) is 4.79 Å². The maximum absolute atomic E-state index is 12.1. The molecule has 0 spiro atoms. The van der Waals surface area contributed by atoms with Gasteiger partial charge in [0.15, 0.2) is 0 Å². The number of nitrogens with zero attached hydrogens (tertiary/aromatic N) is 1. The molecule has 2 amide bonds. The molecular weight excluding hydrogens is 216 g/mol. The van der Waals surface area contributed by atoms with E-state index in [1.54, 1.807) is 0 Å². The fourth-order valence-electron chi connectivity index (χ4n) is 2.62. The minimum atomic E-state index is 0.117. The zero-order valence-corrected chi connectivity index (χ0v) is 10.8. The Morgan fingerprint density at radius 3 is 2.59 bits per heavy atom. The third kappa shape index (κ3) is 3.60. The van der Waals surface area contributed by atoms with Gasteiger partial charge in [0, 0.05) is 31.7 Å². The molecule has 4 nitrogen and oxygen atoms in total. The van der Waals surface area contributed by atoms with Gasteiger partial charge in [-0.05, 0) is 26.2 Å². The van der Waals surface area contributed by atoms with Crippen LogP contribution in [0.2, 0.25) is 0 Å². The van der Waals surface area contributed by atoms with Gasteiger partial charge in [0.2, 0.25) is 0 Å². The zero-order chi connectivity index (χ0) is 12.1. The number of nitrogens with one attached hydrogen (secondary N) is 1. The predicted molar refractivity (Wildman–Crippen MR) is 67.0 cm³/mol. The Balaban J connectivity index is 1.78. The van der Waals surface area contributed by atoms with Crippen molar-refractivity contribution in [1.82, 2.24) is 10.2 Å². The highest BCUT2D eigenvalue weighted by molar-refractivity contribution is 5.74. The molecule has 1 N–H and O–H groups in total. The molecule has 0 bridgehead atoms. The van der Waals surface area contributed by atoms with Crippen molar-refractivity contribution >= 4 is 6.03 Å². The molecule has 2 aliphatic heterocycles. The number of carbonyl (C=O) groups excluding carboxylic acids is 1. The smallest absolute Gasteiger partial charge is 0.317 e. The lowest BCUT2D eigenvalue weighted by Gasteiger charge is -2.25. The molecule has 2 saturated heterocycles. The van der Waals surface area contributed by atoms with Crippen molar-refractivity contribution in [3.05, 3.63) is 0 Å². The SMILES string of the molecule is CC(NC(=O)N1CCCCCC1)C1CCOC1. The van der Waals surface area contributed by atoms with Crippen LogP contribution in [0.1, 0.15) is 39.0 Å². The molecule has 2 fully saturated rings. The van der Waals surface area contributed by atoms with Gasteiger partial charge in [0.05, 0.1) is 6.61 Å². The number of hydrogen-bond acceptors (Lipinski definition) is 2. The first kappa shape index (κ1) is 12.7. The third-order valence-corrected chi connectivity index (χ3v) is 3.92. The third-order valence-electron chi connectivity index (χ3n) is 3.92. The van der Waals surface area contributed by atoms with E-state index in [1.165, 1.54) is 12.8 Å². The van der Waals surface area contributed by atoms with E-state index in [-0.39, 0.29) is 12.1 Å². The molecule has 2 atom stereocenters. The number of urea groups is 1. The number of amides is 2. The minimum absolute atomic E-state index is 0.117. The first-order valence-corrected chi connectivity index (χ1v) is 6.90. The van der Waals surface area contributed by atoms with E-state index in [0.717, 1.165) is 45.6 Å². The normalized spacial score (nSPS) is 27.6. The molecule has 2 unspecified atom stereocenters. The van der Waals surface area contributed by atoms with Crippen LogP contribution in [0.3, 0.4) is 0 Å². The summed E-state index contributed by atoms with van der Waals surface area (Å²) < 4.78 is 5.36. The molecule has 4 heteroatoms. The standard InChI is InChI=1S/C13H24N2O2/c1-11(12-6-9-17-10-12)14-13(16)15-7-4-2-3-5-8-15/h11-12H,2-10H2,1H3,(H,14,16). The monoisotopic (exact) mass is 240 g/mol. The van der Waals surface area contributed by atoms with Gasteiger partial charge in [0.25, 0.3) is 0 Å². The highest BCUT2D eigenvalue weighted by Gasteiger charge is 2.25. The number of ether oxygens (including phenoxy) is 1. The summed E-state index contributed by atoms with van der Waals surface area (Å²) in [5.41, 5.74) is 0. The molecule has 2 rings (SSSR count). The van der Waals surface area contributed by atoms with Crippen LogP contribution in [0.5, 0.6) is 0 Å². The quantitative estimate of drug-likeness (QED) is 0.802. The molecule has 98 valence electrons. The topological polar surface area (TPSA) is 41.6 Å². The second-order valence-corrected chi connectivity index (χ2v) is 5.26. The Morgan fingerprint density at radius 1 is 1.29 bits per heavy atom. The van der Waals surface area contributed by atoms with Crippen LogP contribution in [0.15, 0.2) is 0 Å².